The van der Waals surface area contributed by atoms with Gasteiger partial charge in [-0.2, -0.15) is 4.31 Å². The Balaban J connectivity index is 1.76. The highest BCUT2D eigenvalue weighted by atomic mass is 32.2. The minimum Gasteiger partial charge on any atom is -0.439 e. The van der Waals surface area contributed by atoms with Crippen LogP contribution in [-0.4, -0.2) is 54.0 Å². The molecule has 2 N–H and O–H groups in total. The summed E-state index contributed by atoms with van der Waals surface area (Å²) >= 11 is 0. The van der Waals surface area contributed by atoms with Crippen molar-refractivity contribution in [3.63, 3.8) is 0 Å². The highest BCUT2D eigenvalue weighted by molar-refractivity contribution is 7.89. The van der Waals surface area contributed by atoms with E-state index in [-0.39, 0.29) is 29.8 Å². The lowest BCUT2D eigenvalue weighted by Gasteiger charge is -2.22. The summed E-state index contributed by atoms with van der Waals surface area (Å²) in [6.07, 6.45) is 2.66. The SMILES string of the molecule is C=CC(=O)NC1CC(CO)N(S(=O)(=O)c2ccc(Oc3ccccc3)nc2)C1. The summed E-state index contributed by atoms with van der Waals surface area (Å²) < 4.78 is 32.7. The van der Waals surface area contributed by atoms with Crippen molar-refractivity contribution in [1.82, 2.24) is 14.6 Å². The number of hydrogen-bond donors (Lipinski definition) is 2. The monoisotopic (exact) mass is 403 g/mol. The van der Waals surface area contributed by atoms with Crippen LogP contribution in [0.25, 0.3) is 0 Å². The summed E-state index contributed by atoms with van der Waals surface area (Å²) in [6, 6.07) is 10.9. The molecule has 0 bridgehead atoms. The number of nitrogens with zero attached hydrogens (tertiary/aromatic N) is 2. The predicted octanol–water partition coefficient (Wildman–Crippen LogP) is 1.30. The van der Waals surface area contributed by atoms with E-state index in [2.05, 4.69) is 16.9 Å². The largest absolute Gasteiger partial charge is 0.439 e. The van der Waals surface area contributed by atoms with Crippen molar-refractivity contribution in [3.05, 3.63) is 61.3 Å². The van der Waals surface area contributed by atoms with Gasteiger partial charge in [-0.15, -0.1) is 0 Å². The summed E-state index contributed by atoms with van der Waals surface area (Å²) in [6.45, 7) is 3.10. The number of aliphatic hydroxyl groups is 1. The van der Waals surface area contributed by atoms with E-state index in [1.807, 2.05) is 18.2 Å². The molecule has 0 spiro atoms. The van der Waals surface area contributed by atoms with Crippen molar-refractivity contribution in [2.75, 3.05) is 13.2 Å². The average molecular weight is 403 g/mol. The smallest absolute Gasteiger partial charge is 0.245 e. The van der Waals surface area contributed by atoms with Gasteiger partial charge < -0.3 is 15.2 Å². The van der Waals surface area contributed by atoms with E-state index in [4.69, 9.17) is 4.74 Å². The van der Waals surface area contributed by atoms with Gasteiger partial charge in [0.2, 0.25) is 21.8 Å². The second-order valence-corrected chi connectivity index (χ2v) is 8.19. The molecule has 2 heterocycles. The van der Waals surface area contributed by atoms with E-state index in [0.717, 1.165) is 6.08 Å². The van der Waals surface area contributed by atoms with Gasteiger partial charge in [-0.1, -0.05) is 24.8 Å². The number of ether oxygens (including phenoxy) is 1. The van der Waals surface area contributed by atoms with E-state index in [9.17, 15) is 18.3 Å². The van der Waals surface area contributed by atoms with Crippen LogP contribution in [-0.2, 0) is 14.8 Å². The molecule has 2 atom stereocenters. The van der Waals surface area contributed by atoms with Crippen LogP contribution in [0.4, 0.5) is 0 Å². The molecule has 1 amide bonds. The molecular formula is C19H21N3O5S. The van der Waals surface area contributed by atoms with Gasteiger partial charge in [-0.3, -0.25) is 4.79 Å². The fourth-order valence-electron chi connectivity index (χ4n) is 3.04. The molecule has 1 aromatic carbocycles. The molecule has 0 aliphatic carbocycles. The zero-order valence-corrected chi connectivity index (χ0v) is 15.9. The highest BCUT2D eigenvalue weighted by Gasteiger charge is 2.40. The Kier molecular flexibility index (Phi) is 6.08. The Morgan fingerprint density at radius 1 is 1.32 bits per heavy atom. The number of hydrogen-bond acceptors (Lipinski definition) is 6. The molecule has 1 saturated heterocycles. The molecule has 28 heavy (non-hydrogen) atoms. The number of sulfonamides is 1. The van der Waals surface area contributed by atoms with Gasteiger partial charge in [0.1, 0.15) is 10.6 Å². The molecule has 1 aliphatic heterocycles. The molecule has 1 aromatic heterocycles. The molecule has 1 fully saturated rings. The quantitative estimate of drug-likeness (QED) is 0.675. The van der Waals surface area contributed by atoms with Crippen LogP contribution in [0.15, 0.2) is 66.2 Å². The number of amides is 1. The van der Waals surface area contributed by atoms with Crippen LogP contribution in [0.2, 0.25) is 0 Å². The van der Waals surface area contributed by atoms with Crippen LogP contribution in [0.5, 0.6) is 11.6 Å². The maximum Gasteiger partial charge on any atom is 0.245 e. The molecule has 2 unspecified atom stereocenters. The molecule has 0 radical (unpaired) electrons. The van der Waals surface area contributed by atoms with Crippen molar-refractivity contribution < 1.29 is 23.1 Å². The molecule has 148 valence electrons. The third kappa shape index (κ3) is 4.38. The first-order chi connectivity index (χ1) is 13.4. The highest BCUT2D eigenvalue weighted by Crippen LogP contribution is 2.27. The minimum absolute atomic E-state index is 0.0120. The molecule has 8 nitrogen and oxygen atoms in total. The maximum atomic E-state index is 13.0. The topological polar surface area (TPSA) is 109 Å². The summed E-state index contributed by atoms with van der Waals surface area (Å²) in [5, 5.41) is 12.3. The summed E-state index contributed by atoms with van der Waals surface area (Å²) in [5.41, 5.74) is 0. The second kappa shape index (κ2) is 8.51. The van der Waals surface area contributed by atoms with Crippen LogP contribution in [0, 0.1) is 0 Å². The number of rotatable bonds is 7. The van der Waals surface area contributed by atoms with Gasteiger partial charge in [-0.25, -0.2) is 13.4 Å². The van der Waals surface area contributed by atoms with Gasteiger partial charge in [0.15, 0.2) is 0 Å². The number of para-hydroxylation sites is 1. The van der Waals surface area contributed by atoms with E-state index in [0.29, 0.717) is 12.2 Å². The van der Waals surface area contributed by atoms with Crippen molar-refractivity contribution in [3.8, 4) is 11.6 Å². The Morgan fingerprint density at radius 3 is 2.68 bits per heavy atom. The van der Waals surface area contributed by atoms with Crippen molar-refractivity contribution in [1.29, 1.82) is 0 Å². The zero-order chi connectivity index (χ0) is 20.1. The van der Waals surface area contributed by atoms with E-state index in [1.54, 1.807) is 12.1 Å². The van der Waals surface area contributed by atoms with Gasteiger partial charge in [0.05, 0.1) is 18.8 Å². The third-order valence-corrected chi connectivity index (χ3v) is 6.29. The number of aromatic nitrogens is 1. The molecule has 2 aromatic rings. The van der Waals surface area contributed by atoms with Gasteiger partial charge in [-0.05, 0) is 30.7 Å². The minimum atomic E-state index is -3.89. The van der Waals surface area contributed by atoms with Gasteiger partial charge in [0.25, 0.3) is 0 Å². The van der Waals surface area contributed by atoms with Gasteiger partial charge in [0, 0.05) is 18.7 Å². The third-order valence-electron chi connectivity index (χ3n) is 4.39. The molecule has 3 rings (SSSR count). The maximum absolute atomic E-state index is 13.0. The fourth-order valence-corrected chi connectivity index (χ4v) is 4.65. The first-order valence-electron chi connectivity index (χ1n) is 8.68. The van der Waals surface area contributed by atoms with Gasteiger partial charge >= 0.3 is 0 Å². The van der Waals surface area contributed by atoms with Crippen LogP contribution in [0.1, 0.15) is 6.42 Å². The number of benzene rings is 1. The zero-order valence-electron chi connectivity index (χ0n) is 15.1. The lowest BCUT2D eigenvalue weighted by Crippen LogP contribution is -2.39. The lowest BCUT2D eigenvalue weighted by molar-refractivity contribution is -0.117. The number of pyridine rings is 1. The van der Waals surface area contributed by atoms with Crippen LogP contribution < -0.4 is 10.1 Å². The van der Waals surface area contributed by atoms with Crippen LogP contribution in [0.3, 0.4) is 0 Å². The summed E-state index contributed by atoms with van der Waals surface area (Å²) in [5.74, 6) is 0.470. The number of carbonyl (C=O) groups is 1. The number of aliphatic hydroxyl groups excluding tert-OH is 1. The first kappa shape index (κ1) is 20.0. The Morgan fingerprint density at radius 2 is 2.07 bits per heavy atom. The Bertz CT molecular complexity index is 932. The Hall–Kier alpha value is -2.75. The predicted molar refractivity (Wildman–Crippen MR) is 102 cm³/mol. The first-order valence-corrected chi connectivity index (χ1v) is 10.1. The van der Waals surface area contributed by atoms with Crippen molar-refractivity contribution in [2.24, 2.45) is 0 Å². The second-order valence-electron chi connectivity index (χ2n) is 6.30. The normalized spacial score (nSPS) is 19.9. The fraction of sp³-hybridized carbons (Fsp3) is 0.263. The van der Waals surface area contributed by atoms with Crippen molar-refractivity contribution in [2.45, 2.75) is 23.4 Å². The summed E-state index contributed by atoms with van der Waals surface area (Å²) in [4.78, 5) is 15.6. The summed E-state index contributed by atoms with van der Waals surface area (Å²) in [7, 11) is -3.89. The average Bonchev–Trinajstić information content (AvgIpc) is 3.13. The lowest BCUT2D eigenvalue weighted by atomic mass is 10.2. The molecular weight excluding hydrogens is 382 g/mol. The van der Waals surface area contributed by atoms with E-state index < -0.39 is 22.1 Å². The molecule has 0 saturated carbocycles. The Labute approximate surface area is 163 Å². The van der Waals surface area contributed by atoms with Crippen molar-refractivity contribution >= 4 is 15.9 Å². The molecule has 1 aliphatic rings. The standard InChI is InChI=1S/C19H21N3O5S/c1-2-18(24)21-14-10-15(13-23)22(12-14)28(25,26)17-8-9-19(20-11-17)27-16-6-4-3-5-7-16/h2-9,11,14-15,23H,1,10,12-13H2,(H,21,24). The molecule has 9 heteroatoms. The van der Waals surface area contributed by atoms with E-state index in [1.165, 1.54) is 22.6 Å². The van der Waals surface area contributed by atoms with Crippen LogP contribution >= 0.6 is 0 Å². The van der Waals surface area contributed by atoms with E-state index >= 15 is 0 Å². The number of nitrogens with one attached hydrogen (secondary N) is 1. The number of carbonyl (C=O) groups excluding carboxylic acids is 1.